The molecule has 0 aromatic heterocycles. The molecule has 2 aliphatic rings. The monoisotopic (exact) mass is 364 g/mol. The van der Waals surface area contributed by atoms with Crippen LogP contribution in [0.15, 0.2) is 23.8 Å². The Balaban J connectivity index is 1.81. The number of hydrogen-bond donors (Lipinski definition) is 3. The third kappa shape index (κ3) is 6.24. The second-order valence-corrected chi connectivity index (χ2v) is 8.57. The summed E-state index contributed by atoms with van der Waals surface area (Å²) >= 11 is 0. The fourth-order valence-electron chi connectivity index (χ4n) is 4.56. The van der Waals surface area contributed by atoms with Crippen LogP contribution in [0.3, 0.4) is 0 Å². The average molecular weight is 365 g/mol. The number of carboxylic acids is 1. The molecule has 0 bridgehead atoms. The molecule has 0 aliphatic heterocycles. The zero-order chi connectivity index (χ0) is 19.2. The number of fused-ring (bicyclic) bond motifs is 1. The first kappa shape index (κ1) is 21.2. The largest absolute Gasteiger partial charge is 0.481 e. The van der Waals surface area contributed by atoms with E-state index in [9.17, 15) is 15.0 Å². The Bertz CT molecular complexity index is 520. The van der Waals surface area contributed by atoms with Crippen molar-refractivity contribution in [2.45, 2.75) is 89.8 Å². The van der Waals surface area contributed by atoms with Gasteiger partial charge in [0.25, 0.3) is 0 Å². The summed E-state index contributed by atoms with van der Waals surface area (Å²) in [6, 6.07) is 0. The molecule has 2 rings (SSSR count). The van der Waals surface area contributed by atoms with Crippen molar-refractivity contribution in [3.63, 3.8) is 0 Å². The Morgan fingerprint density at radius 3 is 2.81 bits per heavy atom. The average Bonchev–Trinajstić information content (AvgIpc) is 3.07. The van der Waals surface area contributed by atoms with Crippen LogP contribution in [0.4, 0.5) is 0 Å². The van der Waals surface area contributed by atoms with E-state index in [0.717, 1.165) is 51.4 Å². The van der Waals surface area contributed by atoms with Crippen LogP contribution in [0.1, 0.15) is 78.1 Å². The van der Waals surface area contributed by atoms with Crippen molar-refractivity contribution in [3.8, 4) is 0 Å². The standard InChI is InChI=1S/C22H36O4/c1-3-4-11-22(2,26)12-7-9-18-19-14-16(8-5-6-10-21(24)25)13-17(19)15-20(18)23/h7,9,13,17-20,23,26H,3-6,8,10-12,14-15H2,1-2H3,(H,24,25)/b9-7+/t17?,18-,19+,20-,22+/m1/s1. The third-order valence-corrected chi connectivity index (χ3v) is 6.07. The molecule has 0 saturated heterocycles. The van der Waals surface area contributed by atoms with Gasteiger partial charge in [0.05, 0.1) is 11.7 Å². The van der Waals surface area contributed by atoms with Crippen LogP contribution in [0.2, 0.25) is 0 Å². The number of hydrogen-bond acceptors (Lipinski definition) is 3. The lowest BCUT2D eigenvalue weighted by Gasteiger charge is -2.22. The molecule has 4 nitrogen and oxygen atoms in total. The van der Waals surface area contributed by atoms with E-state index >= 15 is 0 Å². The Kier molecular flexibility index (Phi) is 7.90. The predicted molar refractivity (Wildman–Crippen MR) is 104 cm³/mol. The molecule has 5 atom stereocenters. The molecule has 4 heteroatoms. The highest BCUT2D eigenvalue weighted by atomic mass is 16.4. The molecular weight excluding hydrogens is 328 g/mol. The van der Waals surface area contributed by atoms with E-state index in [-0.39, 0.29) is 18.4 Å². The molecule has 1 fully saturated rings. The van der Waals surface area contributed by atoms with Gasteiger partial charge in [0, 0.05) is 12.3 Å². The normalized spacial score (nSPS) is 30.4. The molecule has 1 unspecified atom stereocenters. The molecule has 0 spiro atoms. The minimum Gasteiger partial charge on any atom is -0.481 e. The van der Waals surface area contributed by atoms with Gasteiger partial charge in [-0.2, -0.15) is 0 Å². The van der Waals surface area contributed by atoms with Crippen LogP contribution >= 0.6 is 0 Å². The van der Waals surface area contributed by atoms with Crippen molar-refractivity contribution in [2.24, 2.45) is 17.8 Å². The molecule has 148 valence electrons. The van der Waals surface area contributed by atoms with Gasteiger partial charge >= 0.3 is 5.97 Å². The van der Waals surface area contributed by atoms with E-state index in [4.69, 9.17) is 5.11 Å². The van der Waals surface area contributed by atoms with E-state index in [2.05, 4.69) is 25.2 Å². The highest BCUT2D eigenvalue weighted by Crippen LogP contribution is 2.48. The summed E-state index contributed by atoms with van der Waals surface area (Å²) in [5.74, 6) is 0.381. The number of aliphatic hydroxyl groups is 2. The number of allylic oxidation sites excluding steroid dienone is 2. The molecule has 0 heterocycles. The van der Waals surface area contributed by atoms with Gasteiger partial charge in [-0.1, -0.05) is 43.6 Å². The Morgan fingerprint density at radius 1 is 1.35 bits per heavy atom. The van der Waals surface area contributed by atoms with E-state index in [0.29, 0.717) is 18.3 Å². The lowest BCUT2D eigenvalue weighted by Crippen LogP contribution is -2.23. The van der Waals surface area contributed by atoms with Gasteiger partial charge in [-0.3, -0.25) is 4.79 Å². The molecule has 1 saturated carbocycles. The first-order valence-electron chi connectivity index (χ1n) is 10.3. The Hall–Kier alpha value is -1.13. The maximum Gasteiger partial charge on any atom is 0.303 e. The van der Waals surface area contributed by atoms with E-state index in [1.165, 1.54) is 5.57 Å². The molecule has 0 amide bonds. The van der Waals surface area contributed by atoms with Crippen LogP contribution in [0.5, 0.6) is 0 Å². The first-order valence-corrected chi connectivity index (χ1v) is 10.3. The fourth-order valence-corrected chi connectivity index (χ4v) is 4.56. The summed E-state index contributed by atoms with van der Waals surface area (Å²) in [6.07, 6.45) is 14.6. The van der Waals surface area contributed by atoms with Crippen LogP contribution in [-0.2, 0) is 4.79 Å². The van der Waals surface area contributed by atoms with Crippen molar-refractivity contribution >= 4 is 5.97 Å². The summed E-state index contributed by atoms with van der Waals surface area (Å²) < 4.78 is 0. The van der Waals surface area contributed by atoms with Gasteiger partial charge in [-0.05, 0) is 63.7 Å². The van der Waals surface area contributed by atoms with Crippen LogP contribution in [0, 0.1) is 17.8 Å². The molecule has 0 radical (unpaired) electrons. The first-order chi connectivity index (χ1) is 12.3. The molecular formula is C22H36O4. The second kappa shape index (κ2) is 9.70. The van der Waals surface area contributed by atoms with Crippen molar-refractivity contribution in [1.82, 2.24) is 0 Å². The summed E-state index contributed by atoms with van der Waals surface area (Å²) in [5, 5.41) is 29.5. The second-order valence-electron chi connectivity index (χ2n) is 8.57. The molecule has 3 N–H and O–H groups in total. The Morgan fingerprint density at radius 2 is 2.12 bits per heavy atom. The van der Waals surface area contributed by atoms with E-state index < -0.39 is 11.6 Å². The summed E-state index contributed by atoms with van der Waals surface area (Å²) in [4.78, 5) is 10.6. The SMILES string of the molecule is CCCC[C@](C)(O)C/C=C/[C@H]1[C@H](O)CC2C=C(CCCCC(=O)O)C[C@@H]21. The molecule has 26 heavy (non-hydrogen) atoms. The number of carboxylic acid groups (broad SMARTS) is 1. The smallest absolute Gasteiger partial charge is 0.303 e. The summed E-state index contributed by atoms with van der Waals surface area (Å²) in [6.45, 7) is 4.03. The van der Waals surface area contributed by atoms with Gasteiger partial charge in [0.1, 0.15) is 0 Å². The molecule has 2 aliphatic carbocycles. The topological polar surface area (TPSA) is 77.8 Å². The lowest BCUT2D eigenvalue weighted by atomic mass is 9.87. The van der Waals surface area contributed by atoms with Crippen LogP contribution in [-0.4, -0.2) is 33.0 Å². The van der Waals surface area contributed by atoms with E-state index in [1.54, 1.807) is 0 Å². The van der Waals surface area contributed by atoms with Gasteiger partial charge < -0.3 is 15.3 Å². The van der Waals surface area contributed by atoms with Crippen molar-refractivity contribution < 1.29 is 20.1 Å². The predicted octanol–water partition coefficient (Wildman–Crippen LogP) is 4.46. The van der Waals surface area contributed by atoms with Crippen molar-refractivity contribution in [3.05, 3.63) is 23.8 Å². The van der Waals surface area contributed by atoms with Gasteiger partial charge in [0.15, 0.2) is 0 Å². The summed E-state index contributed by atoms with van der Waals surface area (Å²) in [5.41, 5.74) is 0.782. The number of carbonyl (C=O) groups is 1. The van der Waals surface area contributed by atoms with Gasteiger partial charge in [-0.25, -0.2) is 0 Å². The number of rotatable bonds is 11. The maximum atomic E-state index is 10.6. The van der Waals surface area contributed by atoms with Crippen LogP contribution in [0.25, 0.3) is 0 Å². The van der Waals surface area contributed by atoms with Gasteiger partial charge in [-0.15, -0.1) is 0 Å². The minimum absolute atomic E-state index is 0.176. The number of aliphatic hydroxyl groups excluding tert-OH is 1. The van der Waals surface area contributed by atoms with Crippen molar-refractivity contribution in [2.75, 3.05) is 0 Å². The highest BCUT2D eigenvalue weighted by molar-refractivity contribution is 5.66. The van der Waals surface area contributed by atoms with Crippen molar-refractivity contribution in [1.29, 1.82) is 0 Å². The molecule has 0 aromatic rings. The zero-order valence-corrected chi connectivity index (χ0v) is 16.4. The van der Waals surface area contributed by atoms with E-state index in [1.807, 2.05) is 6.92 Å². The zero-order valence-electron chi connectivity index (χ0n) is 16.4. The Labute approximate surface area is 158 Å². The number of aliphatic carboxylic acids is 1. The fraction of sp³-hybridized carbons (Fsp3) is 0.773. The number of unbranched alkanes of at least 4 members (excludes halogenated alkanes) is 2. The van der Waals surface area contributed by atoms with Gasteiger partial charge in [0.2, 0.25) is 0 Å². The quantitative estimate of drug-likeness (QED) is 0.373. The van der Waals surface area contributed by atoms with Crippen LogP contribution < -0.4 is 0 Å². The highest BCUT2D eigenvalue weighted by Gasteiger charge is 2.43. The molecule has 0 aromatic carbocycles. The third-order valence-electron chi connectivity index (χ3n) is 6.07. The minimum atomic E-state index is -0.717. The summed E-state index contributed by atoms with van der Waals surface area (Å²) in [7, 11) is 0. The maximum absolute atomic E-state index is 10.6. The lowest BCUT2D eigenvalue weighted by molar-refractivity contribution is -0.137.